The molecule has 0 bridgehead atoms. The molecular weight excluding hydrogens is 270 g/mol. The van der Waals surface area contributed by atoms with Gasteiger partial charge >= 0.3 is 0 Å². The van der Waals surface area contributed by atoms with Gasteiger partial charge in [-0.1, -0.05) is 0 Å². The zero-order chi connectivity index (χ0) is 14.7. The Bertz CT molecular complexity index is 506. The lowest BCUT2D eigenvalue weighted by atomic mass is 10.2. The Morgan fingerprint density at radius 1 is 1.48 bits per heavy atom. The standard InChI is InChI=1S/C14H21N5O2/c1-2-15-12-7-13(17-9-16-12)19-5-6-21-8-11(19)14(20)18-10-3-4-10/h7,9-11H,2-6,8H2,1H3,(H,18,20)(H,15,16,17). The van der Waals surface area contributed by atoms with Crippen LogP contribution in [0.25, 0.3) is 0 Å². The number of nitrogens with zero attached hydrogens (tertiary/aromatic N) is 3. The van der Waals surface area contributed by atoms with Gasteiger partial charge in [-0.25, -0.2) is 9.97 Å². The van der Waals surface area contributed by atoms with E-state index < -0.39 is 0 Å². The molecule has 2 N–H and O–H groups in total. The van der Waals surface area contributed by atoms with Gasteiger partial charge < -0.3 is 20.3 Å². The molecule has 21 heavy (non-hydrogen) atoms. The molecule has 114 valence electrons. The topological polar surface area (TPSA) is 79.4 Å². The van der Waals surface area contributed by atoms with E-state index >= 15 is 0 Å². The number of ether oxygens (including phenoxy) is 1. The number of carbonyl (C=O) groups excluding carboxylic acids is 1. The summed E-state index contributed by atoms with van der Waals surface area (Å²) in [5.74, 6) is 1.57. The lowest BCUT2D eigenvalue weighted by molar-refractivity contribution is -0.124. The summed E-state index contributed by atoms with van der Waals surface area (Å²) in [6.07, 6.45) is 3.69. The van der Waals surface area contributed by atoms with Gasteiger partial charge in [0.2, 0.25) is 5.91 Å². The second-order valence-corrected chi connectivity index (χ2v) is 5.36. The van der Waals surface area contributed by atoms with Gasteiger partial charge in [0, 0.05) is 25.2 Å². The summed E-state index contributed by atoms with van der Waals surface area (Å²) in [5, 5.41) is 6.21. The molecule has 7 heteroatoms. The Labute approximate surface area is 124 Å². The molecule has 1 aliphatic heterocycles. The molecule has 1 saturated heterocycles. The number of nitrogens with one attached hydrogen (secondary N) is 2. The predicted molar refractivity (Wildman–Crippen MR) is 79.3 cm³/mol. The van der Waals surface area contributed by atoms with E-state index in [1.54, 1.807) is 0 Å². The van der Waals surface area contributed by atoms with E-state index in [2.05, 4.69) is 20.6 Å². The van der Waals surface area contributed by atoms with Crippen molar-refractivity contribution in [1.82, 2.24) is 15.3 Å². The van der Waals surface area contributed by atoms with Gasteiger partial charge in [0.25, 0.3) is 0 Å². The molecule has 1 aromatic heterocycles. The number of aromatic nitrogens is 2. The maximum Gasteiger partial charge on any atom is 0.245 e. The van der Waals surface area contributed by atoms with Gasteiger partial charge in [0.1, 0.15) is 24.0 Å². The Balaban J connectivity index is 1.76. The summed E-state index contributed by atoms with van der Waals surface area (Å²) in [4.78, 5) is 22.8. The van der Waals surface area contributed by atoms with Gasteiger partial charge in [-0.2, -0.15) is 0 Å². The number of morpholine rings is 1. The minimum absolute atomic E-state index is 0.0285. The largest absolute Gasteiger partial charge is 0.377 e. The fraction of sp³-hybridized carbons (Fsp3) is 0.643. The highest BCUT2D eigenvalue weighted by Crippen LogP contribution is 2.22. The average Bonchev–Trinajstić information content (AvgIpc) is 3.32. The first-order chi connectivity index (χ1) is 10.3. The summed E-state index contributed by atoms with van der Waals surface area (Å²) in [7, 11) is 0. The first-order valence-corrected chi connectivity index (χ1v) is 7.48. The summed E-state index contributed by atoms with van der Waals surface area (Å²) >= 11 is 0. The second kappa shape index (κ2) is 6.26. The number of rotatable bonds is 5. The van der Waals surface area contributed by atoms with Crippen LogP contribution in [0.5, 0.6) is 0 Å². The van der Waals surface area contributed by atoms with Crippen molar-refractivity contribution in [3.63, 3.8) is 0 Å². The normalized spacial score (nSPS) is 22.0. The van der Waals surface area contributed by atoms with Crippen LogP contribution in [0.4, 0.5) is 11.6 Å². The highest BCUT2D eigenvalue weighted by atomic mass is 16.5. The predicted octanol–water partition coefficient (Wildman–Crippen LogP) is 0.392. The van der Waals surface area contributed by atoms with Gasteiger partial charge in [-0.05, 0) is 19.8 Å². The van der Waals surface area contributed by atoms with Crippen LogP contribution >= 0.6 is 0 Å². The van der Waals surface area contributed by atoms with Crippen LogP contribution in [0.1, 0.15) is 19.8 Å². The fourth-order valence-corrected chi connectivity index (χ4v) is 2.40. The van der Waals surface area contributed by atoms with Crippen molar-refractivity contribution in [1.29, 1.82) is 0 Å². The molecule has 2 fully saturated rings. The van der Waals surface area contributed by atoms with E-state index in [4.69, 9.17) is 4.74 Å². The molecule has 7 nitrogen and oxygen atoms in total. The molecule has 0 aromatic carbocycles. The zero-order valence-electron chi connectivity index (χ0n) is 12.2. The summed E-state index contributed by atoms with van der Waals surface area (Å²) < 4.78 is 5.47. The van der Waals surface area contributed by atoms with Crippen LogP contribution in [-0.4, -0.2) is 54.3 Å². The Morgan fingerprint density at radius 2 is 2.33 bits per heavy atom. The van der Waals surface area contributed by atoms with Crippen molar-refractivity contribution in [2.75, 3.05) is 36.5 Å². The van der Waals surface area contributed by atoms with Gasteiger partial charge in [-0.15, -0.1) is 0 Å². The van der Waals surface area contributed by atoms with E-state index in [1.807, 2.05) is 17.9 Å². The van der Waals surface area contributed by atoms with Crippen molar-refractivity contribution < 1.29 is 9.53 Å². The molecule has 1 aromatic rings. The Kier molecular flexibility index (Phi) is 4.19. The van der Waals surface area contributed by atoms with Crippen molar-refractivity contribution >= 4 is 17.5 Å². The van der Waals surface area contributed by atoms with E-state index in [1.165, 1.54) is 6.33 Å². The summed E-state index contributed by atoms with van der Waals surface area (Å²) in [5.41, 5.74) is 0. The van der Waals surface area contributed by atoms with Crippen molar-refractivity contribution in [2.24, 2.45) is 0 Å². The lowest BCUT2D eigenvalue weighted by Gasteiger charge is -2.35. The quantitative estimate of drug-likeness (QED) is 0.817. The monoisotopic (exact) mass is 291 g/mol. The Hall–Kier alpha value is -1.89. The lowest BCUT2D eigenvalue weighted by Crippen LogP contribution is -2.54. The van der Waals surface area contributed by atoms with Gasteiger partial charge in [-0.3, -0.25) is 4.79 Å². The van der Waals surface area contributed by atoms with E-state index in [-0.39, 0.29) is 11.9 Å². The number of hydrogen-bond donors (Lipinski definition) is 2. The third-order valence-corrected chi connectivity index (χ3v) is 3.66. The highest BCUT2D eigenvalue weighted by molar-refractivity contribution is 5.86. The maximum atomic E-state index is 12.4. The van der Waals surface area contributed by atoms with Crippen LogP contribution < -0.4 is 15.5 Å². The third-order valence-electron chi connectivity index (χ3n) is 3.66. The molecule has 0 spiro atoms. The molecule has 1 saturated carbocycles. The van der Waals surface area contributed by atoms with Crippen LogP contribution in [0.3, 0.4) is 0 Å². The van der Waals surface area contributed by atoms with Crippen LogP contribution in [-0.2, 0) is 9.53 Å². The third kappa shape index (κ3) is 3.41. The number of amides is 1. The summed E-state index contributed by atoms with van der Waals surface area (Å²) in [6, 6.07) is 1.92. The molecule has 2 aliphatic rings. The zero-order valence-corrected chi connectivity index (χ0v) is 12.2. The molecule has 1 aliphatic carbocycles. The van der Waals surface area contributed by atoms with Crippen LogP contribution in [0.2, 0.25) is 0 Å². The van der Waals surface area contributed by atoms with Gasteiger partial charge in [0.05, 0.1) is 13.2 Å². The molecule has 2 heterocycles. The molecule has 0 radical (unpaired) electrons. The van der Waals surface area contributed by atoms with E-state index in [0.29, 0.717) is 25.8 Å². The van der Waals surface area contributed by atoms with Crippen molar-refractivity contribution in [3.8, 4) is 0 Å². The summed E-state index contributed by atoms with van der Waals surface area (Å²) in [6.45, 7) is 4.48. The highest BCUT2D eigenvalue weighted by Gasteiger charge is 2.33. The minimum Gasteiger partial charge on any atom is -0.377 e. The first kappa shape index (κ1) is 14.1. The van der Waals surface area contributed by atoms with Crippen LogP contribution in [0, 0.1) is 0 Å². The maximum absolute atomic E-state index is 12.4. The molecule has 1 atom stereocenters. The first-order valence-electron chi connectivity index (χ1n) is 7.48. The number of hydrogen-bond acceptors (Lipinski definition) is 6. The Morgan fingerprint density at radius 3 is 3.10 bits per heavy atom. The number of anilines is 2. The second-order valence-electron chi connectivity index (χ2n) is 5.36. The number of carbonyl (C=O) groups is 1. The van der Waals surface area contributed by atoms with E-state index in [0.717, 1.165) is 31.0 Å². The molecule has 1 unspecified atom stereocenters. The van der Waals surface area contributed by atoms with Crippen molar-refractivity contribution in [3.05, 3.63) is 12.4 Å². The van der Waals surface area contributed by atoms with Crippen molar-refractivity contribution in [2.45, 2.75) is 31.8 Å². The van der Waals surface area contributed by atoms with Crippen LogP contribution in [0.15, 0.2) is 12.4 Å². The molecular formula is C14H21N5O2. The SMILES string of the molecule is CCNc1cc(N2CCOCC2C(=O)NC2CC2)ncn1. The smallest absolute Gasteiger partial charge is 0.245 e. The molecule has 1 amide bonds. The average molecular weight is 291 g/mol. The fourth-order valence-electron chi connectivity index (χ4n) is 2.40. The molecule has 3 rings (SSSR count). The van der Waals surface area contributed by atoms with E-state index in [9.17, 15) is 4.79 Å². The minimum atomic E-state index is -0.316. The van der Waals surface area contributed by atoms with Gasteiger partial charge in [0.15, 0.2) is 0 Å².